The normalized spacial score (nSPS) is 13.1. The van der Waals surface area contributed by atoms with Crippen molar-refractivity contribution in [3.63, 3.8) is 0 Å². The first-order chi connectivity index (χ1) is 15.0. The first-order valence-corrected chi connectivity index (χ1v) is 10.2. The van der Waals surface area contributed by atoms with Crippen molar-refractivity contribution in [3.05, 3.63) is 59.7 Å². The van der Waals surface area contributed by atoms with E-state index in [0.717, 1.165) is 28.7 Å². The number of hydrogen-bond acceptors (Lipinski definition) is 5. The minimum absolute atomic E-state index is 0.0440. The van der Waals surface area contributed by atoms with E-state index in [2.05, 4.69) is 27.8 Å². The number of nitrogens with one attached hydrogen (secondary N) is 2. The minimum atomic E-state index is -1.19. The molecule has 31 heavy (non-hydrogen) atoms. The molecule has 0 aromatic heterocycles. The number of carboxylic acid groups (broad SMARTS) is 1. The van der Waals surface area contributed by atoms with Crippen molar-refractivity contribution in [3.8, 4) is 11.1 Å². The number of carboxylic acids is 1. The predicted molar refractivity (Wildman–Crippen MR) is 113 cm³/mol. The molecule has 164 valence electrons. The molecule has 0 radical (unpaired) electrons. The summed E-state index contributed by atoms with van der Waals surface area (Å²) in [5.41, 5.74) is 6.60. The van der Waals surface area contributed by atoms with Gasteiger partial charge in [-0.1, -0.05) is 61.9 Å². The van der Waals surface area contributed by atoms with Crippen LogP contribution in [0.2, 0.25) is 0 Å². The maximum atomic E-state index is 12.4. The van der Waals surface area contributed by atoms with Crippen molar-refractivity contribution in [1.82, 2.24) is 10.8 Å². The van der Waals surface area contributed by atoms with Gasteiger partial charge in [-0.2, -0.15) is 0 Å². The monoisotopic (exact) mass is 426 g/mol. The standard InChI is InChI=1S/C23H26N2O6/c1-2-7-15(12-21(26)25-31-14-22(27)28)24-23(29)30-13-20-18-10-5-3-8-16(18)17-9-4-6-11-19(17)20/h3-6,8-11,15,20H,2,7,12-14H2,1H3,(H,24,29)(H,25,26)(H,27,28)/t15-/m1/s1. The summed E-state index contributed by atoms with van der Waals surface area (Å²) in [6, 6.07) is 15.7. The zero-order valence-corrected chi connectivity index (χ0v) is 17.3. The van der Waals surface area contributed by atoms with Gasteiger partial charge >= 0.3 is 12.1 Å². The second kappa shape index (κ2) is 10.6. The molecule has 1 atom stereocenters. The Morgan fingerprint density at radius 2 is 1.65 bits per heavy atom. The second-order valence-electron chi connectivity index (χ2n) is 7.37. The van der Waals surface area contributed by atoms with Gasteiger partial charge in [-0.05, 0) is 28.7 Å². The summed E-state index contributed by atoms with van der Waals surface area (Å²) < 4.78 is 5.52. The van der Waals surface area contributed by atoms with Crippen LogP contribution in [-0.4, -0.2) is 42.3 Å². The van der Waals surface area contributed by atoms with E-state index in [9.17, 15) is 14.4 Å². The molecule has 0 saturated heterocycles. The van der Waals surface area contributed by atoms with E-state index in [4.69, 9.17) is 9.84 Å². The van der Waals surface area contributed by atoms with E-state index in [0.29, 0.717) is 6.42 Å². The summed E-state index contributed by atoms with van der Waals surface area (Å²) in [6.45, 7) is 1.49. The van der Waals surface area contributed by atoms with Crippen molar-refractivity contribution in [2.24, 2.45) is 0 Å². The first-order valence-electron chi connectivity index (χ1n) is 10.2. The molecule has 1 aliphatic rings. The highest BCUT2D eigenvalue weighted by molar-refractivity contribution is 5.79. The molecule has 2 aromatic carbocycles. The van der Waals surface area contributed by atoms with Crippen molar-refractivity contribution in [2.45, 2.75) is 38.1 Å². The molecule has 1 aliphatic carbocycles. The maximum Gasteiger partial charge on any atom is 0.407 e. The fourth-order valence-electron chi connectivity index (χ4n) is 3.82. The molecule has 0 unspecified atom stereocenters. The fourth-order valence-corrected chi connectivity index (χ4v) is 3.82. The molecule has 0 bridgehead atoms. The SMILES string of the molecule is CCC[C@H](CC(=O)NOCC(=O)O)NC(=O)OCC1c2ccccc2-c2ccccc21. The van der Waals surface area contributed by atoms with Crippen LogP contribution >= 0.6 is 0 Å². The van der Waals surface area contributed by atoms with Gasteiger partial charge in [-0.15, -0.1) is 0 Å². The lowest BCUT2D eigenvalue weighted by molar-refractivity contribution is -0.149. The number of alkyl carbamates (subject to hydrolysis) is 1. The van der Waals surface area contributed by atoms with Crippen LogP contribution in [0.4, 0.5) is 4.79 Å². The lowest BCUT2D eigenvalue weighted by atomic mass is 9.98. The zero-order chi connectivity index (χ0) is 22.2. The third-order valence-corrected chi connectivity index (χ3v) is 5.12. The summed E-state index contributed by atoms with van der Waals surface area (Å²) in [5.74, 6) is -1.75. The van der Waals surface area contributed by atoms with Gasteiger partial charge in [0.25, 0.3) is 0 Å². The van der Waals surface area contributed by atoms with E-state index in [-0.39, 0.29) is 18.9 Å². The topological polar surface area (TPSA) is 114 Å². The Bertz CT molecular complexity index is 900. The number of rotatable bonds is 10. The Hall–Kier alpha value is -3.39. The van der Waals surface area contributed by atoms with Crippen molar-refractivity contribution in [1.29, 1.82) is 0 Å². The second-order valence-corrected chi connectivity index (χ2v) is 7.37. The van der Waals surface area contributed by atoms with Gasteiger partial charge in [0.2, 0.25) is 5.91 Å². The van der Waals surface area contributed by atoms with E-state index in [1.54, 1.807) is 0 Å². The minimum Gasteiger partial charge on any atom is -0.479 e. The quantitative estimate of drug-likeness (QED) is 0.503. The molecule has 0 spiro atoms. The number of aliphatic carboxylic acids is 1. The third kappa shape index (κ3) is 5.82. The number of hydroxylamine groups is 1. The smallest absolute Gasteiger partial charge is 0.407 e. The lowest BCUT2D eigenvalue weighted by Gasteiger charge is -2.19. The van der Waals surface area contributed by atoms with Crippen LogP contribution in [0.15, 0.2) is 48.5 Å². The Kier molecular flexibility index (Phi) is 7.61. The van der Waals surface area contributed by atoms with Crippen LogP contribution in [0.25, 0.3) is 11.1 Å². The number of carbonyl (C=O) groups is 3. The molecule has 0 saturated carbocycles. The molecular formula is C23H26N2O6. The zero-order valence-electron chi connectivity index (χ0n) is 17.3. The molecule has 3 rings (SSSR count). The number of benzene rings is 2. The fraction of sp³-hybridized carbons (Fsp3) is 0.348. The summed E-state index contributed by atoms with van der Waals surface area (Å²) in [7, 11) is 0. The highest BCUT2D eigenvalue weighted by Gasteiger charge is 2.29. The average Bonchev–Trinajstić information content (AvgIpc) is 3.06. The third-order valence-electron chi connectivity index (χ3n) is 5.12. The van der Waals surface area contributed by atoms with Crippen LogP contribution in [0, 0.1) is 0 Å². The summed E-state index contributed by atoms with van der Waals surface area (Å²) in [5, 5.41) is 11.3. The van der Waals surface area contributed by atoms with Gasteiger partial charge in [0, 0.05) is 18.4 Å². The molecular weight excluding hydrogens is 400 g/mol. The Labute approximate surface area is 180 Å². The van der Waals surface area contributed by atoms with Crippen LogP contribution in [0.1, 0.15) is 43.2 Å². The lowest BCUT2D eigenvalue weighted by Crippen LogP contribution is -2.40. The molecule has 8 heteroatoms. The summed E-state index contributed by atoms with van der Waals surface area (Å²) >= 11 is 0. The molecule has 3 N–H and O–H groups in total. The van der Waals surface area contributed by atoms with E-state index >= 15 is 0 Å². The summed E-state index contributed by atoms with van der Waals surface area (Å²) in [6.07, 6.45) is 0.672. The Morgan fingerprint density at radius 3 is 2.23 bits per heavy atom. The van der Waals surface area contributed by atoms with Gasteiger partial charge in [-0.3, -0.25) is 9.63 Å². The molecule has 8 nitrogen and oxygen atoms in total. The molecule has 0 fully saturated rings. The van der Waals surface area contributed by atoms with Gasteiger partial charge in [0.1, 0.15) is 6.61 Å². The Morgan fingerprint density at radius 1 is 1.03 bits per heavy atom. The van der Waals surface area contributed by atoms with Crippen LogP contribution in [-0.2, 0) is 19.2 Å². The van der Waals surface area contributed by atoms with Crippen molar-refractivity contribution >= 4 is 18.0 Å². The highest BCUT2D eigenvalue weighted by atomic mass is 16.7. The number of hydrogen-bond donors (Lipinski definition) is 3. The molecule has 0 heterocycles. The van der Waals surface area contributed by atoms with Gasteiger partial charge in [-0.25, -0.2) is 15.1 Å². The summed E-state index contributed by atoms with van der Waals surface area (Å²) in [4.78, 5) is 39.3. The van der Waals surface area contributed by atoms with Crippen molar-refractivity contribution in [2.75, 3.05) is 13.2 Å². The highest BCUT2D eigenvalue weighted by Crippen LogP contribution is 2.44. The van der Waals surface area contributed by atoms with Crippen LogP contribution in [0.3, 0.4) is 0 Å². The van der Waals surface area contributed by atoms with Crippen LogP contribution < -0.4 is 10.8 Å². The van der Waals surface area contributed by atoms with Crippen molar-refractivity contribution < 1.29 is 29.1 Å². The first kappa shape index (κ1) is 22.3. The van der Waals surface area contributed by atoms with E-state index < -0.39 is 30.6 Å². The van der Waals surface area contributed by atoms with Crippen LogP contribution in [0.5, 0.6) is 0 Å². The Balaban J connectivity index is 1.56. The van der Waals surface area contributed by atoms with Gasteiger partial charge in [0.05, 0.1) is 0 Å². The number of carbonyl (C=O) groups excluding carboxylic acids is 2. The van der Waals surface area contributed by atoms with Gasteiger partial charge < -0.3 is 15.2 Å². The molecule has 0 aliphatic heterocycles. The predicted octanol–water partition coefficient (Wildman–Crippen LogP) is 3.22. The number of fused-ring (bicyclic) bond motifs is 3. The largest absolute Gasteiger partial charge is 0.479 e. The average molecular weight is 426 g/mol. The molecule has 2 aromatic rings. The van der Waals surface area contributed by atoms with E-state index in [1.807, 2.05) is 43.3 Å². The molecule has 2 amide bonds. The maximum absolute atomic E-state index is 12.4. The van der Waals surface area contributed by atoms with E-state index in [1.165, 1.54) is 0 Å². The number of ether oxygens (including phenoxy) is 1. The number of amides is 2. The van der Waals surface area contributed by atoms with Gasteiger partial charge in [0.15, 0.2) is 6.61 Å².